The van der Waals surface area contributed by atoms with Crippen LogP contribution in [0, 0.1) is 6.92 Å². The molecule has 4 heteroatoms. The second-order valence-electron chi connectivity index (χ2n) is 5.72. The van der Waals surface area contributed by atoms with Crippen LogP contribution in [0.15, 0.2) is 24.3 Å². The molecule has 1 aliphatic heterocycles. The molecule has 0 aliphatic carbocycles. The summed E-state index contributed by atoms with van der Waals surface area (Å²) >= 11 is 0. The molecule has 0 saturated carbocycles. The fraction of sp³-hybridized carbons (Fsp3) is 0.533. The fourth-order valence-electron chi connectivity index (χ4n) is 2.75. The highest BCUT2D eigenvalue weighted by molar-refractivity contribution is 5.88. The van der Waals surface area contributed by atoms with Gasteiger partial charge < -0.3 is 16.0 Å². The van der Waals surface area contributed by atoms with E-state index in [1.54, 1.807) is 0 Å². The summed E-state index contributed by atoms with van der Waals surface area (Å²) in [6, 6.07) is 8.41. The zero-order valence-corrected chi connectivity index (χ0v) is 11.9. The maximum atomic E-state index is 12.0. The molecule has 0 bridgehead atoms. The van der Waals surface area contributed by atoms with Gasteiger partial charge in [0, 0.05) is 18.3 Å². The molecule has 1 aromatic rings. The second kappa shape index (κ2) is 5.21. The Labute approximate surface area is 115 Å². The molecular formula is C15H23N3O. The molecular weight excluding hydrogens is 238 g/mol. The van der Waals surface area contributed by atoms with Crippen LogP contribution in [-0.4, -0.2) is 36.0 Å². The molecule has 1 heterocycles. The van der Waals surface area contributed by atoms with Crippen molar-refractivity contribution in [1.29, 1.82) is 0 Å². The van der Waals surface area contributed by atoms with Crippen LogP contribution < -0.4 is 11.1 Å². The lowest BCUT2D eigenvalue weighted by molar-refractivity contribution is -0.124. The van der Waals surface area contributed by atoms with E-state index in [0.29, 0.717) is 6.04 Å². The first-order valence-electron chi connectivity index (χ1n) is 6.78. The van der Waals surface area contributed by atoms with Gasteiger partial charge in [-0.2, -0.15) is 0 Å². The summed E-state index contributed by atoms with van der Waals surface area (Å²) in [7, 11) is 2.09. The number of piperidine rings is 1. The van der Waals surface area contributed by atoms with Crippen LogP contribution in [0.1, 0.15) is 25.3 Å². The van der Waals surface area contributed by atoms with Crippen molar-refractivity contribution in [3.8, 4) is 0 Å². The molecule has 3 N–H and O–H groups in total. The molecule has 1 amide bonds. The molecule has 1 saturated heterocycles. The Hall–Kier alpha value is -1.55. The van der Waals surface area contributed by atoms with Crippen molar-refractivity contribution in [1.82, 2.24) is 4.90 Å². The van der Waals surface area contributed by atoms with Crippen molar-refractivity contribution in [3.05, 3.63) is 29.8 Å². The van der Waals surface area contributed by atoms with Gasteiger partial charge in [-0.3, -0.25) is 4.79 Å². The van der Waals surface area contributed by atoms with Gasteiger partial charge in [-0.05, 0) is 51.4 Å². The van der Waals surface area contributed by atoms with Crippen LogP contribution in [0.4, 0.5) is 5.69 Å². The van der Waals surface area contributed by atoms with Crippen LogP contribution in [-0.2, 0) is 4.79 Å². The first-order valence-corrected chi connectivity index (χ1v) is 6.78. The monoisotopic (exact) mass is 261 g/mol. The molecule has 1 aromatic carbocycles. The third-order valence-corrected chi connectivity index (χ3v) is 4.16. The normalized spacial score (nSPS) is 28.1. The predicted molar refractivity (Wildman–Crippen MR) is 78.1 cm³/mol. The average Bonchev–Trinajstić information content (AvgIpc) is 2.34. The number of carbonyl (C=O) groups excluding carboxylic acids is 1. The van der Waals surface area contributed by atoms with E-state index in [9.17, 15) is 4.79 Å². The van der Waals surface area contributed by atoms with Gasteiger partial charge in [0.25, 0.3) is 0 Å². The summed E-state index contributed by atoms with van der Waals surface area (Å²) < 4.78 is 0. The second-order valence-corrected chi connectivity index (χ2v) is 5.72. The average molecular weight is 261 g/mol. The first kappa shape index (κ1) is 13.9. The summed E-state index contributed by atoms with van der Waals surface area (Å²) in [5.74, 6) is -0.256. The molecule has 4 nitrogen and oxygen atoms in total. The van der Waals surface area contributed by atoms with E-state index in [-0.39, 0.29) is 5.91 Å². The van der Waals surface area contributed by atoms with Gasteiger partial charge in [-0.15, -0.1) is 0 Å². The zero-order chi connectivity index (χ0) is 14.0. The number of benzene rings is 1. The van der Waals surface area contributed by atoms with Gasteiger partial charge in [0.1, 0.15) is 5.54 Å². The maximum Gasteiger partial charge on any atom is 0.243 e. The summed E-state index contributed by atoms with van der Waals surface area (Å²) in [4.78, 5) is 14.2. The number of hydrogen-bond acceptors (Lipinski definition) is 3. The third kappa shape index (κ3) is 2.89. The van der Waals surface area contributed by atoms with E-state index >= 15 is 0 Å². The van der Waals surface area contributed by atoms with E-state index in [1.807, 2.05) is 31.2 Å². The molecule has 0 spiro atoms. The summed E-state index contributed by atoms with van der Waals surface area (Å²) in [5, 5.41) is 3.38. The topological polar surface area (TPSA) is 58.4 Å². The SMILES string of the molecule is Cc1cccc(NC2(C(N)=O)CCN(C)C(C)C2)c1. The number of amides is 1. The number of rotatable bonds is 3. The molecule has 1 aliphatic rings. The molecule has 0 radical (unpaired) electrons. The number of likely N-dealkylation sites (tertiary alicyclic amines) is 1. The largest absolute Gasteiger partial charge is 0.371 e. The minimum Gasteiger partial charge on any atom is -0.371 e. The molecule has 0 aromatic heterocycles. The quantitative estimate of drug-likeness (QED) is 0.871. The maximum absolute atomic E-state index is 12.0. The van der Waals surface area contributed by atoms with Crippen molar-refractivity contribution in [2.45, 2.75) is 38.3 Å². The van der Waals surface area contributed by atoms with Crippen LogP contribution in [0.5, 0.6) is 0 Å². The van der Waals surface area contributed by atoms with Crippen molar-refractivity contribution < 1.29 is 4.79 Å². The summed E-state index contributed by atoms with van der Waals surface area (Å²) in [5.41, 5.74) is 7.19. The number of primary amides is 1. The number of hydrogen-bond donors (Lipinski definition) is 2. The Bertz CT molecular complexity index is 474. The highest BCUT2D eigenvalue weighted by atomic mass is 16.1. The van der Waals surface area contributed by atoms with Crippen molar-refractivity contribution in [2.24, 2.45) is 5.73 Å². The fourth-order valence-corrected chi connectivity index (χ4v) is 2.75. The van der Waals surface area contributed by atoms with E-state index in [2.05, 4.69) is 24.2 Å². The predicted octanol–water partition coefficient (Wildman–Crippen LogP) is 1.75. The first-order chi connectivity index (χ1) is 8.93. The Morgan fingerprint density at radius 2 is 2.26 bits per heavy atom. The lowest BCUT2D eigenvalue weighted by atomic mass is 9.82. The van der Waals surface area contributed by atoms with Crippen molar-refractivity contribution in [3.63, 3.8) is 0 Å². The number of anilines is 1. The zero-order valence-electron chi connectivity index (χ0n) is 11.9. The lowest BCUT2D eigenvalue weighted by Gasteiger charge is -2.43. The van der Waals surface area contributed by atoms with Crippen LogP contribution >= 0.6 is 0 Å². The summed E-state index contributed by atoms with van der Waals surface area (Å²) in [6.45, 7) is 5.05. The van der Waals surface area contributed by atoms with Gasteiger partial charge in [0.2, 0.25) is 5.91 Å². The number of aryl methyl sites for hydroxylation is 1. The number of nitrogens with zero attached hydrogens (tertiary/aromatic N) is 1. The highest BCUT2D eigenvalue weighted by Gasteiger charge is 2.42. The molecule has 2 rings (SSSR count). The van der Waals surface area contributed by atoms with E-state index < -0.39 is 5.54 Å². The van der Waals surface area contributed by atoms with Gasteiger partial charge in [-0.25, -0.2) is 0 Å². The molecule has 1 fully saturated rings. The Morgan fingerprint density at radius 1 is 1.53 bits per heavy atom. The van der Waals surface area contributed by atoms with Gasteiger partial charge in [-0.1, -0.05) is 12.1 Å². The number of nitrogens with one attached hydrogen (secondary N) is 1. The molecule has 19 heavy (non-hydrogen) atoms. The Balaban J connectivity index is 2.23. The number of nitrogens with two attached hydrogens (primary N) is 1. The standard InChI is InChI=1S/C15H23N3O/c1-11-5-4-6-13(9-11)17-15(14(16)19)7-8-18(3)12(2)10-15/h4-6,9,12,17H,7-8,10H2,1-3H3,(H2,16,19). The molecule has 2 atom stereocenters. The third-order valence-electron chi connectivity index (χ3n) is 4.16. The molecule has 2 unspecified atom stereocenters. The highest BCUT2D eigenvalue weighted by Crippen LogP contribution is 2.30. The van der Waals surface area contributed by atoms with Crippen LogP contribution in [0.3, 0.4) is 0 Å². The van der Waals surface area contributed by atoms with Crippen molar-refractivity contribution in [2.75, 3.05) is 18.9 Å². The Kier molecular flexibility index (Phi) is 3.80. The minimum absolute atomic E-state index is 0.256. The lowest BCUT2D eigenvalue weighted by Crippen LogP contribution is -2.59. The van der Waals surface area contributed by atoms with Crippen LogP contribution in [0.2, 0.25) is 0 Å². The Morgan fingerprint density at radius 3 is 2.84 bits per heavy atom. The smallest absolute Gasteiger partial charge is 0.243 e. The van der Waals surface area contributed by atoms with Gasteiger partial charge in [0.05, 0.1) is 0 Å². The molecule has 104 valence electrons. The van der Waals surface area contributed by atoms with E-state index in [1.165, 1.54) is 5.56 Å². The summed E-state index contributed by atoms with van der Waals surface area (Å²) in [6.07, 6.45) is 1.49. The van der Waals surface area contributed by atoms with Crippen LogP contribution in [0.25, 0.3) is 0 Å². The van der Waals surface area contributed by atoms with Gasteiger partial charge >= 0.3 is 0 Å². The van der Waals surface area contributed by atoms with Gasteiger partial charge in [0.15, 0.2) is 0 Å². The van der Waals surface area contributed by atoms with E-state index in [0.717, 1.165) is 25.1 Å². The number of carbonyl (C=O) groups is 1. The van der Waals surface area contributed by atoms with Crippen molar-refractivity contribution >= 4 is 11.6 Å². The van der Waals surface area contributed by atoms with E-state index in [4.69, 9.17) is 5.73 Å². The minimum atomic E-state index is -0.625.